The average Bonchev–Trinajstić information content (AvgIpc) is 2.83. The van der Waals surface area contributed by atoms with Gasteiger partial charge in [0.2, 0.25) is 0 Å². The first-order valence-electron chi connectivity index (χ1n) is 12.8. The Morgan fingerprint density at radius 2 is 0.703 bits per heavy atom. The van der Waals surface area contributed by atoms with Crippen molar-refractivity contribution in [2.24, 2.45) is 0 Å². The lowest BCUT2D eigenvalue weighted by atomic mass is 9.81. The molecule has 0 atom stereocenters. The van der Waals surface area contributed by atoms with E-state index in [9.17, 15) is 0 Å². The third kappa shape index (κ3) is 6.35. The molecule has 194 valence electrons. The summed E-state index contributed by atoms with van der Waals surface area (Å²) in [7, 11) is 0. The number of ether oxygens (including phenoxy) is 3. The van der Waals surface area contributed by atoms with Gasteiger partial charge in [0.05, 0.1) is 0 Å². The van der Waals surface area contributed by atoms with E-state index in [1.165, 1.54) is 16.7 Å². The molecule has 3 nitrogen and oxygen atoms in total. The van der Waals surface area contributed by atoms with Gasteiger partial charge in [-0.05, 0) is 91.6 Å². The minimum absolute atomic E-state index is 0.0302. The van der Waals surface area contributed by atoms with Crippen LogP contribution in [0.4, 0.5) is 0 Å². The summed E-state index contributed by atoms with van der Waals surface area (Å²) < 4.78 is 17.9. The standard InChI is InChI=1S/C34H40O3/c1-10-13-35-32-22(4)16-28(17-23(32)5)31(29-18-24(6)33(25(7)19-29)36-14-11-2)30-20-26(8)34(27(9)21-30)37-15-12-3/h10-12,16-21,31H,1-3,13-15H2,4-9H3. The van der Waals surface area contributed by atoms with Crippen LogP contribution < -0.4 is 14.2 Å². The van der Waals surface area contributed by atoms with Crippen LogP contribution in [0.1, 0.15) is 56.0 Å². The number of hydrogen-bond donors (Lipinski definition) is 0. The van der Waals surface area contributed by atoms with Crippen molar-refractivity contribution >= 4 is 0 Å². The number of rotatable bonds is 12. The van der Waals surface area contributed by atoms with Gasteiger partial charge in [0.25, 0.3) is 0 Å². The van der Waals surface area contributed by atoms with Crippen molar-refractivity contribution in [3.63, 3.8) is 0 Å². The molecule has 0 heterocycles. The molecule has 0 spiro atoms. The summed E-state index contributed by atoms with van der Waals surface area (Å²) in [5.74, 6) is 2.79. The molecule has 0 radical (unpaired) electrons. The maximum atomic E-state index is 5.98. The fourth-order valence-electron chi connectivity index (χ4n) is 5.14. The van der Waals surface area contributed by atoms with Crippen LogP contribution in [-0.2, 0) is 0 Å². The van der Waals surface area contributed by atoms with Crippen LogP contribution in [0.2, 0.25) is 0 Å². The molecule has 0 N–H and O–H groups in total. The Hall–Kier alpha value is -3.72. The quantitative estimate of drug-likeness (QED) is 0.186. The predicted octanol–water partition coefficient (Wildman–Crippen LogP) is 8.41. The summed E-state index contributed by atoms with van der Waals surface area (Å²) in [6.45, 7) is 25.5. The molecule has 3 aromatic rings. The highest BCUT2D eigenvalue weighted by molar-refractivity contribution is 5.56. The Morgan fingerprint density at radius 3 is 0.892 bits per heavy atom. The van der Waals surface area contributed by atoms with Crippen LogP contribution in [0.15, 0.2) is 74.4 Å². The fraction of sp³-hybridized carbons (Fsp3) is 0.294. The van der Waals surface area contributed by atoms with Gasteiger partial charge in [0.1, 0.15) is 37.1 Å². The second-order valence-corrected chi connectivity index (χ2v) is 9.68. The van der Waals surface area contributed by atoms with E-state index < -0.39 is 0 Å². The summed E-state index contributed by atoms with van der Waals surface area (Å²) in [5.41, 5.74) is 10.3. The normalized spacial score (nSPS) is 10.8. The topological polar surface area (TPSA) is 27.7 Å². The van der Waals surface area contributed by atoms with Crippen LogP contribution in [0, 0.1) is 41.5 Å². The van der Waals surface area contributed by atoms with Gasteiger partial charge in [-0.1, -0.05) is 74.4 Å². The molecule has 0 unspecified atom stereocenters. The average molecular weight is 497 g/mol. The van der Waals surface area contributed by atoms with E-state index >= 15 is 0 Å². The van der Waals surface area contributed by atoms with E-state index in [0.29, 0.717) is 19.8 Å². The van der Waals surface area contributed by atoms with Crippen molar-refractivity contribution in [3.05, 3.63) is 124 Å². The van der Waals surface area contributed by atoms with Gasteiger partial charge in [-0.3, -0.25) is 0 Å². The lowest BCUT2D eigenvalue weighted by Gasteiger charge is -2.25. The molecule has 0 aliphatic heterocycles. The van der Waals surface area contributed by atoms with Gasteiger partial charge in [-0.15, -0.1) is 0 Å². The van der Waals surface area contributed by atoms with Gasteiger partial charge in [0.15, 0.2) is 0 Å². The third-order valence-electron chi connectivity index (χ3n) is 6.48. The second kappa shape index (κ2) is 12.5. The molecule has 3 rings (SSSR count). The molecule has 37 heavy (non-hydrogen) atoms. The first kappa shape index (κ1) is 27.9. The van der Waals surface area contributed by atoms with E-state index in [1.54, 1.807) is 18.2 Å². The van der Waals surface area contributed by atoms with E-state index in [0.717, 1.165) is 50.6 Å². The first-order chi connectivity index (χ1) is 17.7. The lowest BCUT2D eigenvalue weighted by Crippen LogP contribution is -2.09. The van der Waals surface area contributed by atoms with E-state index in [-0.39, 0.29) is 5.92 Å². The number of benzene rings is 3. The fourth-order valence-corrected chi connectivity index (χ4v) is 5.14. The maximum Gasteiger partial charge on any atom is 0.125 e. The molecule has 0 aliphatic rings. The van der Waals surface area contributed by atoms with Crippen molar-refractivity contribution in [2.45, 2.75) is 47.5 Å². The van der Waals surface area contributed by atoms with E-state index in [1.807, 2.05) is 0 Å². The maximum absolute atomic E-state index is 5.98. The summed E-state index contributed by atoms with van der Waals surface area (Å²) in [6, 6.07) is 13.5. The number of hydrogen-bond acceptors (Lipinski definition) is 3. The SMILES string of the molecule is C=CCOc1c(C)cc(C(c2cc(C)c(OCC=C)c(C)c2)c2cc(C)c(OCC=C)c(C)c2)cc1C. The predicted molar refractivity (Wildman–Crippen MR) is 156 cm³/mol. The van der Waals surface area contributed by atoms with Crippen LogP contribution in [0.25, 0.3) is 0 Å². The molecule has 0 aromatic heterocycles. The Balaban J connectivity index is 2.22. The van der Waals surface area contributed by atoms with Gasteiger partial charge in [0, 0.05) is 5.92 Å². The van der Waals surface area contributed by atoms with Crippen molar-refractivity contribution in [1.29, 1.82) is 0 Å². The highest BCUT2D eigenvalue weighted by atomic mass is 16.5. The van der Waals surface area contributed by atoms with Crippen molar-refractivity contribution in [2.75, 3.05) is 19.8 Å². The molecule has 0 saturated carbocycles. The van der Waals surface area contributed by atoms with Crippen LogP contribution in [-0.4, -0.2) is 19.8 Å². The highest BCUT2D eigenvalue weighted by Gasteiger charge is 2.23. The summed E-state index contributed by atoms with van der Waals surface area (Å²) in [6.07, 6.45) is 5.33. The zero-order valence-corrected chi connectivity index (χ0v) is 23.2. The zero-order chi connectivity index (χ0) is 27.1. The molecule has 0 saturated heterocycles. The highest BCUT2D eigenvalue weighted by Crippen LogP contribution is 2.40. The van der Waals surface area contributed by atoms with Gasteiger partial charge in [-0.25, -0.2) is 0 Å². The minimum atomic E-state index is 0.0302. The largest absolute Gasteiger partial charge is 0.489 e. The molecule has 0 aliphatic carbocycles. The minimum Gasteiger partial charge on any atom is -0.489 e. The van der Waals surface area contributed by atoms with Gasteiger partial charge < -0.3 is 14.2 Å². The molecular weight excluding hydrogens is 456 g/mol. The monoisotopic (exact) mass is 496 g/mol. The van der Waals surface area contributed by atoms with E-state index in [4.69, 9.17) is 14.2 Å². The molecule has 3 aromatic carbocycles. The Morgan fingerprint density at radius 1 is 0.486 bits per heavy atom. The van der Waals surface area contributed by atoms with E-state index in [2.05, 4.69) is 97.7 Å². The third-order valence-corrected chi connectivity index (χ3v) is 6.48. The molecule has 3 heteroatoms. The number of aryl methyl sites for hydroxylation is 6. The molecular formula is C34H40O3. The summed E-state index contributed by atoms with van der Waals surface area (Å²) in [4.78, 5) is 0. The van der Waals surface area contributed by atoms with Gasteiger partial charge >= 0.3 is 0 Å². The zero-order valence-electron chi connectivity index (χ0n) is 23.2. The molecule has 0 fully saturated rings. The lowest BCUT2D eigenvalue weighted by molar-refractivity contribution is 0.357. The van der Waals surface area contributed by atoms with Gasteiger partial charge in [-0.2, -0.15) is 0 Å². The Kier molecular flexibility index (Phi) is 9.41. The smallest absolute Gasteiger partial charge is 0.125 e. The molecule has 0 amide bonds. The van der Waals surface area contributed by atoms with Crippen LogP contribution in [0.3, 0.4) is 0 Å². The van der Waals surface area contributed by atoms with Crippen molar-refractivity contribution < 1.29 is 14.2 Å². The van der Waals surface area contributed by atoms with Crippen LogP contribution >= 0.6 is 0 Å². The van der Waals surface area contributed by atoms with Crippen molar-refractivity contribution in [3.8, 4) is 17.2 Å². The van der Waals surface area contributed by atoms with Crippen LogP contribution in [0.5, 0.6) is 17.2 Å². The van der Waals surface area contributed by atoms with Crippen molar-refractivity contribution in [1.82, 2.24) is 0 Å². The Bertz CT molecular complexity index is 1070. The molecule has 0 bridgehead atoms. The summed E-state index contributed by atoms with van der Waals surface area (Å²) in [5, 5.41) is 0. The Labute approximate surface area is 223 Å². The summed E-state index contributed by atoms with van der Waals surface area (Å²) >= 11 is 0. The first-order valence-corrected chi connectivity index (χ1v) is 12.8. The second-order valence-electron chi connectivity index (χ2n) is 9.68.